The smallest absolute Gasteiger partial charge is 0.333 e. The molecule has 0 bridgehead atoms. The molecule has 1 amide bonds. The Morgan fingerprint density at radius 2 is 1.49 bits per heavy atom. The van der Waals surface area contributed by atoms with E-state index in [1.165, 1.54) is 4.57 Å². The fourth-order valence-corrected chi connectivity index (χ4v) is 4.70. The predicted molar refractivity (Wildman–Crippen MR) is 139 cm³/mol. The molecule has 0 atom stereocenters. The van der Waals surface area contributed by atoms with Crippen molar-refractivity contribution in [1.82, 2.24) is 14.5 Å². The molecule has 0 aliphatic carbocycles. The Bertz CT molecular complexity index is 1220. The number of aromatic nitrogens is 2. The Labute approximate surface area is 205 Å². The fourth-order valence-electron chi connectivity index (χ4n) is 4.70. The molecule has 3 N–H and O–H groups in total. The SMILES string of the molecule is CCCn1c(N)c(N2CCCCC2)c(=O)n(CC(=O)NC(c2ccccc2)c2ccccc2)c1=O. The second kappa shape index (κ2) is 11.1. The number of rotatable bonds is 8. The van der Waals surface area contributed by atoms with Gasteiger partial charge in [-0.25, -0.2) is 9.36 Å². The number of nitrogens with one attached hydrogen (secondary N) is 1. The zero-order chi connectivity index (χ0) is 24.8. The Morgan fingerprint density at radius 3 is 2.03 bits per heavy atom. The molecule has 0 spiro atoms. The molecule has 8 nitrogen and oxygen atoms in total. The van der Waals surface area contributed by atoms with Crippen molar-refractivity contribution in [3.63, 3.8) is 0 Å². The molecule has 2 heterocycles. The summed E-state index contributed by atoms with van der Waals surface area (Å²) in [6.45, 7) is 3.36. The second-order valence-corrected chi connectivity index (χ2v) is 8.93. The summed E-state index contributed by atoms with van der Waals surface area (Å²) >= 11 is 0. The molecule has 1 aliphatic heterocycles. The first-order valence-electron chi connectivity index (χ1n) is 12.3. The number of amides is 1. The Hall–Kier alpha value is -3.81. The first kappa shape index (κ1) is 24.3. The van der Waals surface area contributed by atoms with Crippen LogP contribution in [0.25, 0.3) is 0 Å². The van der Waals surface area contributed by atoms with Crippen LogP contribution >= 0.6 is 0 Å². The number of hydrogen-bond acceptors (Lipinski definition) is 5. The third-order valence-electron chi connectivity index (χ3n) is 6.44. The summed E-state index contributed by atoms with van der Waals surface area (Å²) in [7, 11) is 0. The van der Waals surface area contributed by atoms with Crippen molar-refractivity contribution in [2.75, 3.05) is 23.7 Å². The molecule has 1 aliphatic rings. The molecule has 4 rings (SSSR count). The van der Waals surface area contributed by atoms with Crippen LogP contribution in [0.4, 0.5) is 11.5 Å². The van der Waals surface area contributed by atoms with Crippen LogP contribution in [0, 0.1) is 0 Å². The molecule has 1 fully saturated rings. The third kappa shape index (κ3) is 5.31. The highest BCUT2D eigenvalue weighted by molar-refractivity contribution is 5.77. The normalized spacial score (nSPS) is 13.7. The number of hydrogen-bond donors (Lipinski definition) is 2. The Kier molecular flexibility index (Phi) is 7.70. The molecular formula is C27H33N5O3. The quantitative estimate of drug-likeness (QED) is 0.522. The maximum absolute atomic E-state index is 13.5. The fraction of sp³-hybridized carbons (Fsp3) is 0.370. The molecular weight excluding hydrogens is 442 g/mol. The molecule has 8 heteroatoms. The van der Waals surface area contributed by atoms with E-state index in [4.69, 9.17) is 5.73 Å². The highest BCUT2D eigenvalue weighted by atomic mass is 16.2. The number of piperidine rings is 1. The van der Waals surface area contributed by atoms with Gasteiger partial charge in [-0.2, -0.15) is 0 Å². The van der Waals surface area contributed by atoms with Gasteiger partial charge in [-0.05, 0) is 36.8 Å². The van der Waals surface area contributed by atoms with Crippen molar-refractivity contribution in [3.05, 3.63) is 92.6 Å². The molecule has 35 heavy (non-hydrogen) atoms. The maximum Gasteiger partial charge on any atom is 0.333 e. The van der Waals surface area contributed by atoms with Gasteiger partial charge in [0.25, 0.3) is 5.56 Å². The van der Waals surface area contributed by atoms with E-state index in [0.717, 1.165) is 35.0 Å². The van der Waals surface area contributed by atoms with Crippen molar-refractivity contribution in [2.45, 2.75) is 51.7 Å². The lowest BCUT2D eigenvalue weighted by Crippen LogP contribution is -2.48. The summed E-state index contributed by atoms with van der Waals surface area (Å²) in [6, 6.07) is 18.8. The van der Waals surface area contributed by atoms with E-state index < -0.39 is 23.2 Å². The lowest BCUT2D eigenvalue weighted by molar-refractivity contribution is -0.122. The van der Waals surface area contributed by atoms with E-state index in [1.807, 2.05) is 72.5 Å². The molecule has 0 saturated carbocycles. The van der Waals surface area contributed by atoms with Crippen LogP contribution in [0.1, 0.15) is 49.8 Å². The molecule has 184 valence electrons. The average molecular weight is 476 g/mol. The first-order chi connectivity index (χ1) is 17.0. The summed E-state index contributed by atoms with van der Waals surface area (Å²) < 4.78 is 2.45. The number of carbonyl (C=O) groups excluding carboxylic acids is 1. The Balaban J connectivity index is 1.69. The molecule has 3 aromatic rings. The van der Waals surface area contributed by atoms with Crippen LogP contribution in [0.5, 0.6) is 0 Å². The standard InChI is InChI=1S/C27H33N5O3/c1-2-16-31-25(28)24(30-17-10-5-11-18-30)26(34)32(27(31)35)19-22(33)29-23(20-12-6-3-7-13-20)21-14-8-4-9-15-21/h3-4,6-9,12-15,23H,2,5,10-11,16-19,28H2,1H3,(H,29,33). The van der Waals surface area contributed by atoms with E-state index in [1.54, 1.807) is 0 Å². The minimum absolute atomic E-state index is 0.187. The number of benzene rings is 2. The summed E-state index contributed by atoms with van der Waals surface area (Å²) in [4.78, 5) is 41.9. The van der Waals surface area contributed by atoms with E-state index in [9.17, 15) is 14.4 Å². The first-order valence-corrected chi connectivity index (χ1v) is 12.3. The van der Waals surface area contributed by atoms with Gasteiger partial charge in [0.1, 0.15) is 18.1 Å². The van der Waals surface area contributed by atoms with Gasteiger partial charge < -0.3 is 16.0 Å². The van der Waals surface area contributed by atoms with E-state index in [2.05, 4.69) is 5.32 Å². The van der Waals surface area contributed by atoms with Gasteiger partial charge in [-0.15, -0.1) is 0 Å². The molecule has 0 radical (unpaired) electrons. The van der Waals surface area contributed by atoms with Crippen LogP contribution < -0.4 is 27.2 Å². The summed E-state index contributed by atoms with van der Waals surface area (Å²) in [5.74, 6) is -0.230. The lowest BCUT2D eigenvalue weighted by Gasteiger charge is -2.30. The zero-order valence-electron chi connectivity index (χ0n) is 20.2. The van der Waals surface area contributed by atoms with Gasteiger partial charge in [0, 0.05) is 19.6 Å². The second-order valence-electron chi connectivity index (χ2n) is 8.93. The molecule has 2 aromatic carbocycles. The van der Waals surface area contributed by atoms with Crippen LogP contribution in [-0.4, -0.2) is 28.1 Å². The van der Waals surface area contributed by atoms with Crippen molar-refractivity contribution < 1.29 is 4.79 Å². The molecule has 1 saturated heterocycles. The van der Waals surface area contributed by atoms with Crippen LogP contribution in [0.3, 0.4) is 0 Å². The van der Waals surface area contributed by atoms with Gasteiger partial charge in [-0.3, -0.25) is 14.2 Å². The van der Waals surface area contributed by atoms with Crippen molar-refractivity contribution >= 4 is 17.4 Å². The van der Waals surface area contributed by atoms with Gasteiger partial charge in [-0.1, -0.05) is 67.6 Å². The zero-order valence-corrected chi connectivity index (χ0v) is 20.2. The summed E-state index contributed by atoms with van der Waals surface area (Å²) in [6.07, 6.45) is 3.70. The minimum atomic E-state index is -0.554. The van der Waals surface area contributed by atoms with Crippen LogP contribution in [-0.2, 0) is 17.9 Å². The maximum atomic E-state index is 13.5. The average Bonchev–Trinajstić information content (AvgIpc) is 2.89. The number of carbonyl (C=O) groups is 1. The molecule has 0 unspecified atom stereocenters. The highest BCUT2D eigenvalue weighted by Crippen LogP contribution is 2.23. The number of nitrogens with zero attached hydrogens (tertiary/aromatic N) is 3. The highest BCUT2D eigenvalue weighted by Gasteiger charge is 2.25. The third-order valence-corrected chi connectivity index (χ3v) is 6.44. The topological polar surface area (TPSA) is 102 Å². The van der Waals surface area contributed by atoms with Crippen molar-refractivity contribution in [3.8, 4) is 0 Å². The number of nitrogen functional groups attached to an aromatic ring is 1. The van der Waals surface area contributed by atoms with E-state index in [-0.39, 0.29) is 12.4 Å². The monoisotopic (exact) mass is 475 g/mol. The summed E-state index contributed by atoms with van der Waals surface area (Å²) in [5.41, 5.74) is 7.43. The molecule has 1 aromatic heterocycles. The van der Waals surface area contributed by atoms with Gasteiger partial charge >= 0.3 is 5.69 Å². The minimum Gasteiger partial charge on any atom is -0.383 e. The predicted octanol–water partition coefficient (Wildman–Crippen LogP) is 2.90. The largest absolute Gasteiger partial charge is 0.383 e. The van der Waals surface area contributed by atoms with Gasteiger partial charge in [0.05, 0.1) is 6.04 Å². The van der Waals surface area contributed by atoms with Crippen molar-refractivity contribution in [2.24, 2.45) is 0 Å². The van der Waals surface area contributed by atoms with Crippen LogP contribution in [0.2, 0.25) is 0 Å². The lowest BCUT2D eigenvalue weighted by atomic mass is 9.99. The number of anilines is 2. The Morgan fingerprint density at radius 1 is 0.914 bits per heavy atom. The number of nitrogens with two attached hydrogens (primary N) is 1. The van der Waals surface area contributed by atoms with Crippen molar-refractivity contribution in [1.29, 1.82) is 0 Å². The van der Waals surface area contributed by atoms with E-state index >= 15 is 0 Å². The van der Waals surface area contributed by atoms with Gasteiger partial charge in [0.2, 0.25) is 5.91 Å². The van der Waals surface area contributed by atoms with Crippen LogP contribution in [0.15, 0.2) is 70.3 Å². The van der Waals surface area contributed by atoms with Gasteiger partial charge in [0.15, 0.2) is 0 Å². The summed E-state index contributed by atoms with van der Waals surface area (Å²) in [5, 5.41) is 3.03. The van der Waals surface area contributed by atoms with E-state index in [0.29, 0.717) is 31.7 Å².